The first-order valence-corrected chi connectivity index (χ1v) is 3.42. The first-order chi connectivity index (χ1) is 3.63. The average molecular weight is 136 g/mol. The maximum Gasteiger partial charge on any atom is 0.364 e. The molecule has 8 heavy (non-hydrogen) atoms. The van der Waals surface area contributed by atoms with Gasteiger partial charge in [-0.05, 0) is 19.4 Å². The molecular weight excluding hydrogens is 127 g/mol. The van der Waals surface area contributed by atoms with Gasteiger partial charge >= 0.3 is 8.25 Å². The minimum Gasteiger partial charge on any atom is -0.434 e. The molecule has 0 rings (SSSR count). The molecule has 48 valence electrons. The second kappa shape index (κ2) is 3.70. The van der Waals surface area contributed by atoms with Crippen molar-refractivity contribution in [3.63, 3.8) is 0 Å². The molecule has 0 amide bonds. The van der Waals surface area contributed by atoms with Crippen molar-refractivity contribution in [3.05, 3.63) is 11.8 Å². The Morgan fingerprint density at radius 2 is 2.25 bits per heavy atom. The second-order valence-corrected chi connectivity index (χ2v) is 2.35. The molecule has 0 heterocycles. The van der Waals surface area contributed by atoms with Crippen molar-refractivity contribution in [3.8, 4) is 0 Å². The molecule has 0 aromatic carbocycles. The van der Waals surface area contributed by atoms with Gasteiger partial charge in [0, 0.05) is 0 Å². The van der Waals surface area contributed by atoms with E-state index in [1.54, 1.807) is 13.8 Å². The molecule has 0 aliphatic heterocycles. The Morgan fingerprint density at radius 1 is 1.75 bits per heavy atom. The summed E-state index contributed by atoms with van der Waals surface area (Å²) in [6, 6.07) is 0. The molecule has 0 aliphatic carbocycles. The maximum absolute atomic E-state index is 9.82. The van der Waals surface area contributed by atoms with Crippen LogP contribution in [-0.2, 0) is 9.09 Å². The van der Waals surface area contributed by atoms with Crippen molar-refractivity contribution in [1.29, 1.82) is 0 Å². The summed E-state index contributed by atoms with van der Waals surface area (Å²) in [6.45, 7) is 3.57. The van der Waals surface area contributed by atoms with Crippen molar-refractivity contribution in [2.45, 2.75) is 13.8 Å². The highest BCUT2D eigenvalue weighted by Crippen LogP contribution is 2.15. The third-order valence-corrected chi connectivity index (χ3v) is 0.715. The lowest BCUT2D eigenvalue weighted by Crippen LogP contribution is -1.66. The number of hydrogen-bond donors (Lipinski definition) is 1. The summed E-state index contributed by atoms with van der Waals surface area (Å²) < 4.78 is 14.1. The van der Waals surface area contributed by atoms with Gasteiger partial charge in [0.25, 0.3) is 0 Å². The zero-order valence-corrected chi connectivity index (χ0v) is 5.84. The second-order valence-electron chi connectivity index (χ2n) is 1.58. The van der Waals surface area contributed by atoms with Crippen LogP contribution in [0.2, 0.25) is 0 Å². The van der Waals surface area contributed by atoms with Crippen LogP contribution in [0.15, 0.2) is 11.8 Å². The van der Waals surface area contributed by atoms with Crippen LogP contribution in [0.5, 0.6) is 0 Å². The van der Waals surface area contributed by atoms with Gasteiger partial charge in [-0.15, -0.1) is 0 Å². The largest absolute Gasteiger partial charge is 0.434 e. The molecule has 0 aromatic rings. The summed E-state index contributed by atoms with van der Waals surface area (Å²) in [4.78, 5) is 8.08. The molecule has 0 bridgehead atoms. The van der Waals surface area contributed by atoms with Crippen LogP contribution in [0.3, 0.4) is 0 Å². The van der Waals surface area contributed by atoms with Crippen LogP contribution in [-0.4, -0.2) is 4.89 Å². The highest BCUT2D eigenvalue weighted by Gasteiger charge is 1.82. The van der Waals surface area contributed by atoms with Crippen LogP contribution < -0.4 is 0 Å². The molecule has 0 aliphatic rings. The van der Waals surface area contributed by atoms with E-state index in [9.17, 15) is 4.57 Å². The van der Waals surface area contributed by atoms with E-state index in [0.29, 0.717) is 0 Å². The smallest absolute Gasteiger partial charge is 0.364 e. The molecule has 1 N–H and O–H groups in total. The molecule has 0 fully saturated rings. The lowest BCUT2D eigenvalue weighted by Gasteiger charge is -1.91. The van der Waals surface area contributed by atoms with E-state index in [1.165, 1.54) is 6.26 Å². The molecule has 0 aromatic heterocycles. The standard InChI is InChI=1S/C4H9O3P/c1-4(2)3-7-8(5)6/h3,8H,1-2H3,(H,5,6). The topological polar surface area (TPSA) is 46.5 Å². The Kier molecular flexibility index (Phi) is 3.57. The summed E-state index contributed by atoms with van der Waals surface area (Å²) in [5.74, 6) is 0. The minimum atomic E-state index is -2.76. The SMILES string of the molecule is CC(C)=CO[PH](=O)O. The monoisotopic (exact) mass is 136 g/mol. The van der Waals surface area contributed by atoms with E-state index >= 15 is 0 Å². The van der Waals surface area contributed by atoms with Crippen LogP contribution in [0.4, 0.5) is 0 Å². The Balaban J connectivity index is 3.45. The zero-order chi connectivity index (χ0) is 6.57. The summed E-state index contributed by atoms with van der Waals surface area (Å²) in [5.41, 5.74) is 0.873. The third-order valence-electron chi connectivity index (χ3n) is 0.395. The first kappa shape index (κ1) is 7.73. The molecule has 3 nitrogen and oxygen atoms in total. The Bertz CT molecular complexity index is 114. The van der Waals surface area contributed by atoms with Crippen molar-refractivity contribution < 1.29 is 14.0 Å². The van der Waals surface area contributed by atoms with Crippen molar-refractivity contribution in [2.24, 2.45) is 0 Å². The van der Waals surface area contributed by atoms with E-state index < -0.39 is 8.25 Å². The maximum atomic E-state index is 9.82. The fraction of sp³-hybridized carbons (Fsp3) is 0.500. The Morgan fingerprint density at radius 3 is 2.38 bits per heavy atom. The highest BCUT2D eigenvalue weighted by atomic mass is 31.1. The molecule has 0 radical (unpaired) electrons. The summed E-state index contributed by atoms with van der Waals surface area (Å²) >= 11 is 0. The van der Waals surface area contributed by atoms with E-state index in [-0.39, 0.29) is 0 Å². The highest BCUT2D eigenvalue weighted by molar-refractivity contribution is 7.32. The fourth-order valence-electron chi connectivity index (χ4n) is 0.168. The number of rotatable bonds is 2. The lowest BCUT2D eigenvalue weighted by atomic mass is 10.4. The summed E-state index contributed by atoms with van der Waals surface area (Å²) in [5, 5.41) is 0. The van der Waals surface area contributed by atoms with Crippen LogP contribution in [0.1, 0.15) is 13.8 Å². The van der Waals surface area contributed by atoms with Crippen LogP contribution in [0, 0.1) is 0 Å². The Hall–Kier alpha value is -0.270. The number of hydrogen-bond acceptors (Lipinski definition) is 2. The first-order valence-electron chi connectivity index (χ1n) is 2.16. The van der Waals surface area contributed by atoms with E-state index in [1.807, 2.05) is 0 Å². The lowest BCUT2D eigenvalue weighted by molar-refractivity contribution is 0.376. The number of allylic oxidation sites excluding steroid dienone is 1. The van der Waals surface area contributed by atoms with E-state index in [0.717, 1.165) is 5.57 Å². The summed E-state index contributed by atoms with van der Waals surface area (Å²) in [6.07, 6.45) is 1.27. The van der Waals surface area contributed by atoms with Gasteiger partial charge in [-0.2, -0.15) is 0 Å². The van der Waals surface area contributed by atoms with E-state index in [2.05, 4.69) is 4.52 Å². The minimum absolute atomic E-state index is 0.873. The fourth-order valence-corrected chi connectivity index (χ4v) is 0.505. The molecule has 0 saturated heterocycles. The van der Waals surface area contributed by atoms with Gasteiger partial charge in [0.2, 0.25) is 0 Å². The molecular formula is C4H9O3P. The zero-order valence-electron chi connectivity index (χ0n) is 4.84. The van der Waals surface area contributed by atoms with Gasteiger partial charge in [0.15, 0.2) is 0 Å². The van der Waals surface area contributed by atoms with Crippen molar-refractivity contribution >= 4 is 8.25 Å². The van der Waals surface area contributed by atoms with Gasteiger partial charge in [0.1, 0.15) is 0 Å². The summed E-state index contributed by atoms with van der Waals surface area (Å²) in [7, 11) is -2.76. The molecule has 0 saturated carbocycles. The van der Waals surface area contributed by atoms with Gasteiger partial charge in [-0.3, -0.25) is 0 Å². The molecule has 0 spiro atoms. The van der Waals surface area contributed by atoms with Gasteiger partial charge in [-0.1, -0.05) is 0 Å². The van der Waals surface area contributed by atoms with Gasteiger partial charge < -0.3 is 9.42 Å². The van der Waals surface area contributed by atoms with Crippen molar-refractivity contribution in [2.75, 3.05) is 0 Å². The van der Waals surface area contributed by atoms with Crippen LogP contribution in [0.25, 0.3) is 0 Å². The normalized spacial score (nSPS) is 12.4. The van der Waals surface area contributed by atoms with E-state index in [4.69, 9.17) is 4.89 Å². The van der Waals surface area contributed by atoms with Gasteiger partial charge in [0.05, 0.1) is 6.26 Å². The van der Waals surface area contributed by atoms with Crippen molar-refractivity contribution in [1.82, 2.24) is 0 Å². The predicted molar refractivity (Wildman–Crippen MR) is 31.7 cm³/mol. The molecule has 4 heteroatoms. The molecule has 1 unspecified atom stereocenters. The molecule has 1 atom stereocenters. The Labute approximate surface area is 48.9 Å². The van der Waals surface area contributed by atoms with Crippen LogP contribution >= 0.6 is 8.25 Å². The third kappa shape index (κ3) is 5.73. The quantitative estimate of drug-likeness (QED) is 0.459. The predicted octanol–water partition coefficient (Wildman–Crippen LogP) is 1.31. The average Bonchev–Trinajstić information content (AvgIpc) is 1.61. The van der Waals surface area contributed by atoms with Gasteiger partial charge in [-0.25, -0.2) is 4.57 Å².